The topological polar surface area (TPSA) is 32.3 Å². The first-order valence-corrected chi connectivity index (χ1v) is 8.99. The van der Waals surface area contributed by atoms with Crippen LogP contribution in [0, 0.1) is 12.7 Å². The average Bonchev–Trinajstić information content (AvgIpc) is 2.87. The smallest absolute Gasteiger partial charge is 0.318 e. The van der Waals surface area contributed by atoms with E-state index in [2.05, 4.69) is 36.5 Å². The second kappa shape index (κ2) is 8.15. The van der Waals surface area contributed by atoms with Gasteiger partial charge in [0.15, 0.2) is 0 Å². The highest BCUT2D eigenvalue weighted by molar-refractivity contribution is 5.74. The minimum Gasteiger partial charge on any atom is -0.334 e. The van der Waals surface area contributed by atoms with E-state index < -0.39 is 0 Å². The lowest BCUT2D eigenvalue weighted by Gasteiger charge is -2.31. The van der Waals surface area contributed by atoms with Gasteiger partial charge in [0.25, 0.3) is 0 Å². The Labute approximate surface area is 148 Å². The lowest BCUT2D eigenvalue weighted by Crippen LogP contribution is -2.41. The van der Waals surface area contributed by atoms with Crippen LogP contribution in [0.25, 0.3) is 0 Å². The summed E-state index contributed by atoms with van der Waals surface area (Å²) in [5.41, 5.74) is 3.32. The standard InChI is InChI=1S/C21H25FN2O/c1-16-6-5-7-18(14-16)20-8-3-2-4-13-24(20)21(25)23-15-17-9-11-19(22)12-10-17/h5-7,9-12,14,20H,2-4,8,13,15H2,1H3,(H,23,25)/t20-/m0/s1. The fourth-order valence-electron chi connectivity index (χ4n) is 3.46. The molecule has 1 fully saturated rings. The molecule has 25 heavy (non-hydrogen) atoms. The minimum atomic E-state index is -0.262. The van der Waals surface area contributed by atoms with Crippen molar-refractivity contribution in [2.24, 2.45) is 0 Å². The normalized spacial score (nSPS) is 17.8. The van der Waals surface area contributed by atoms with Crippen LogP contribution in [0.5, 0.6) is 0 Å². The summed E-state index contributed by atoms with van der Waals surface area (Å²) >= 11 is 0. The van der Waals surface area contributed by atoms with Crippen LogP contribution in [0.4, 0.5) is 9.18 Å². The molecule has 1 aliphatic heterocycles. The molecule has 1 saturated heterocycles. The van der Waals surface area contributed by atoms with E-state index in [1.54, 1.807) is 12.1 Å². The molecule has 0 saturated carbocycles. The molecule has 1 aliphatic rings. The lowest BCUT2D eigenvalue weighted by atomic mass is 9.99. The number of benzene rings is 2. The molecule has 0 unspecified atom stereocenters. The SMILES string of the molecule is Cc1cccc([C@@H]2CCCCCN2C(=O)NCc2ccc(F)cc2)c1. The molecular formula is C21H25FN2O. The monoisotopic (exact) mass is 340 g/mol. The number of hydrogen-bond donors (Lipinski definition) is 1. The van der Waals surface area contributed by atoms with E-state index in [-0.39, 0.29) is 17.9 Å². The highest BCUT2D eigenvalue weighted by Crippen LogP contribution is 2.30. The second-order valence-electron chi connectivity index (χ2n) is 6.76. The Kier molecular flexibility index (Phi) is 5.69. The maximum atomic E-state index is 13.0. The summed E-state index contributed by atoms with van der Waals surface area (Å²) < 4.78 is 13.0. The van der Waals surface area contributed by atoms with Gasteiger partial charge in [0.1, 0.15) is 5.82 Å². The van der Waals surface area contributed by atoms with E-state index in [4.69, 9.17) is 0 Å². The highest BCUT2D eigenvalue weighted by atomic mass is 19.1. The Morgan fingerprint density at radius 1 is 1.16 bits per heavy atom. The van der Waals surface area contributed by atoms with Crippen LogP contribution in [0.2, 0.25) is 0 Å². The molecule has 2 aromatic rings. The number of carbonyl (C=O) groups excluding carboxylic acids is 1. The van der Waals surface area contributed by atoms with Crippen molar-refractivity contribution in [3.05, 3.63) is 71.0 Å². The van der Waals surface area contributed by atoms with Gasteiger partial charge in [0.2, 0.25) is 0 Å². The summed E-state index contributed by atoms with van der Waals surface area (Å²) in [6.45, 7) is 3.27. The summed E-state index contributed by atoms with van der Waals surface area (Å²) in [7, 11) is 0. The van der Waals surface area contributed by atoms with Crippen LogP contribution in [-0.2, 0) is 6.54 Å². The van der Waals surface area contributed by atoms with Crippen LogP contribution < -0.4 is 5.32 Å². The zero-order chi connectivity index (χ0) is 17.6. The first-order chi connectivity index (χ1) is 12.1. The van der Waals surface area contributed by atoms with E-state index in [0.29, 0.717) is 6.54 Å². The van der Waals surface area contributed by atoms with Crippen molar-refractivity contribution < 1.29 is 9.18 Å². The number of halogens is 1. The van der Waals surface area contributed by atoms with E-state index >= 15 is 0 Å². The van der Waals surface area contributed by atoms with Crippen molar-refractivity contribution in [3.63, 3.8) is 0 Å². The van der Waals surface area contributed by atoms with Gasteiger partial charge in [-0.15, -0.1) is 0 Å². The number of amides is 2. The van der Waals surface area contributed by atoms with Gasteiger partial charge in [0.05, 0.1) is 6.04 Å². The maximum absolute atomic E-state index is 13.0. The Hall–Kier alpha value is -2.36. The number of hydrogen-bond acceptors (Lipinski definition) is 1. The predicted molar refractivity (Wildman–Crippen MR) is 97.7 cm³/mol. The highest BCUT2D eigenvalue weighted by Gasteiger charge is 2.26. The Morgan fingerprint density at radius 3 is 2.72 bits per heavy atom. The van der Waals surface area contributed by atoms with E-state index in [1.165, 1.54) is 23.3 Å². The second-order valence-corrected chi connectivity index (χ2v) is 6.76. The van der Waals surface area contributed by atoms with Crippen molar-refractivity contribution in [1.29, 1.82) is 0 Å². The summed E-state index contributed by atoms with van der Waals surface area (Å²) in [4.78, 5) is 14.8. The molecule has 1 atom stereocenters. The summed E-state index contributed by atoms with van der Waals surface area (Å²) in [6, 6.07) is 14.8. The quantitative estimate of drug-likeness (QED) is 0.841. The number of rotatable bonds is 3. The molecule has 0 radical (unpaired) electrons. The van der Waals surface area contributed by atoms with Gasteiger partial charge < -0.3 is 10.2 Å². The van der Waals surface area contributed by atoms with Crippen molar-refractivity contribution >= 4 is 6.03 Å². The number of nitrogens with one attached hydrogen (secondary N) is 1. The third-order valence-corrected chi connectivity index (χ3v) is 4.80. The predicted octanol–water partition coefficient (Wildman–Crippen LogP) is 4.96. The van der Waals surface area contributed by atoms with Crippen molar-refractivity contribution in [2.45, 2.75) is 45.2 Å². The van der Waals surface area contributed by atoms with Crippen molar-refractivity contribution in [1.82, 2.24) is 10.2 Å². The molecule has 132 valence electrons. The number of nitrogens with zero attached hydrogens (tertiary/aromatic N) is 1. The lowest BCUT2D eigenvalue weighted by molar-refractivity contribution is 0.175. The molecule has 3 nitrogen and oxygen atoms in total. The summed E-state index contributed by atoms with van der Waals surface area (Å²) in [5.74, 6) is -0.262. The first-order valence-electron chi connectivity index (χ1n) is 8.99. The third-order valence-electron chi connectivity index (χ3n) is 4.80. The Morgan fingerprint density at radius 2 is 1.96 bits per heavy atom. The molecule has 2 amide bonds. The van der Waals surface area contributed by atoms with Crippen molar-refractivity contribution in [3.8, 4) is 0 Å². The molecule has 0 bridgehead atoms. The third kappa shape index (κ3) is 4.59. The first kappa shape index (κ1) is 17.5. The van der Waals surface area contributed by atoms with Gasteiger partial charge >= 0.3 is 6.03 Å². The largest absolute Gasteiger partial charge is 0.334 e. The fraction of sp³-hybridized carbons (Fsp3) is 0.381. The van der Waals surface area contributed by atoms with Gasteiger partial charge in [0, 0.05) is 13.1 Å². The number of likely N-dealkylation sites (tertiary alicyclic amines) is 1. The van der Waals surface area contributed by atoms with Gasteiger partial charge in [-0.2, -0.15) is 0 Å². The van der Waals surface area contributed by atoms with E-state index in [1.807, 2.05) is 4.90 Å². The van der Waals surface area contributed by atoms with Gasteiger partial charge in [-0.25, -0.2) is 9.18 Å². The molecule has 0 aliphatic carbocycles. The molecular weight excluding hydrogens is 315 g/mol. The molecule has 4 heteroatoms. The van der Waals surface area contributed by atoms with E-state index in [9.17, 15) is 9.18 Å². The molecule has 1 heterocycles. The van der Waals surface area contributed by atoms with Crippen LogP contribution >= 0.6 is 0 Å². The van der Waals surface area contributed by atoms with Crippen LogP contribution in [0.15, 0.2) is 48.5 Å². The molecule has 2 aromatic carbocycles. The maximum Gasteiger partial charge on any atom is 0.318 e. The van der Waals surface area contributed by atoms with Crippen LogP contribution in [-0.4, -0.2) is 17.5 Å². The Balaban J connectivity index is 1.71. The molecule has 0 spiro atoms. The van der Waals surface area contributed by atoms with Crippen molar-refractivity contribution in [2.75, 3.05) is 6.54 Å². The zero-order valence-corrected chi connectivity index (χ0v) is 14.7. The summed E-state index contributed by atoms with van der Waals surface area (Å²) in [6.07, 6.45) is 4.32. The fourth-order valence-corrected chi connectivity index (χ4v) is 3.46. The number of aryl methyl sites for hydroxylation is 1. The van der Waals surface area contributed by atoms with E-state index in [0.717, 1.165) is 37.8 Å². The molecule has 0 aromatic heterocycles. The summed E-state index contributed by atoms with van der Waals surface area (Å²) in [5, 5.41) is 2.99. The minimum absolute atomic E-state index is 0.0438. The number of carbonyl (C=O) groups is 1. The van der Waals surface area contributed by atoms with Gasteiger partial charge in [-0.3, -0.25) is 0 Å². The van der Waals surface area contributed by atoms with Gasteiger partial charge in [-0.1, -0.05) is 54.8 Å². The van der Waals surface area contributed by atoms with Crippen LogP contribution in [0.3, 0.4) is 0 Å². The average molecular weight is 340 g/mol. The Bertz CT molecular complexity index is 714. The molecule has 3 rings (SSSR count). The zero-order valence-electron chi connectivity index (χ0n) is 14.7. The molecule has 1 N–H and O–H groups in total. The van der Waals surface area contributed by atoms with Crippen LogP contribution in [0.1, 0.15) is 48.4 Å². The van der Waals surface area contributed by atoms with Gasteiger partial charge in [-0.05, 0) is 43.0 Å². The number of urea groups is 1.